The van der Waals surface area contributed by atoms with Gasteiger partial charge in [0.15, 0.2) is 0 Å². The highest BCUT2D eigenvalue weighted by Crippen LogP contribution is 2.34. The van der Waals surface area contributed by atoms with Crippen LogP contribution in [0, 0.1) is 0 Å². The molecular weight excluding hydrogens is 222 g/mol. The van der Waals surface area contributed by atoms with Crippen LogP contribution in [0.3, 0.4) is 0 Å². The summed E-state index contributed by atoms with van der Waals surface area (Å²) in [5.41, 5.74) is 1.21. The molecule has 1 aliphatic heterocycles. The lowest BCUT2D eigenvalue weighted by Crippen LogP contribution is -2.41. The monoisotopic (exact) mass is 233 g/mol. The van der Waals surface area contributed by atoms with Gasteiger partial charge in [-0.15, -0.1) is 11.3 Å². The summed E-state index contributed by atoms with van der Waals surface area (Å²) in [6.45, 7) is 0.672. The molecule has 2 heterocycles. The van der Waals surface area contributed by atoms with Crippen LogP contribution in [-0.4, -0.2) is 17.1 Å². The first kappa shape index (κ1) is 9.81. The Bertz CT molecular complexity index is 561. The van der Waals surface area contributed by atoms with E-state index in [1.165, 1.54) is 20.5 Å². The van der Waals surface area contributed by atoms with Crippen LogP contribution in [0.25, 0.3) is 10.1 Å². The van der Waals surface area contributed by atoms with Gasteiger partial charge < -0.3 is 5.11 Å². The number of carboxylic acid groups (broad SMARTS) is 1. The van der Waals surface area contributed by atoms with E-state index in [1.807, 2.05) is 12.1 Å². The van der Waals surface area contributed by atoms with Gasteiger partial charge in [0.25, 0.3) is 0 Å². The highest BCUT2D eigenvalue weighted by Gasteiger charge is 2.26. The Hall–Kier alpha value is -1.39. The van der Waals surface area contributed by atoms with Crippen LogP contribution in [0.5, 0.6) is 0 Å². The van der Waals surface area contributed by atoms with Crippen molar-refractivity contribution in [2.75, 3.05) is 0 Å². The average Bonchev–Trinajstić information content (AvgIpc) is 2.66. The minimum absolute atomic E-state index is 0.439. The molecule has 0 bridgehead atoms. The van der Waals surface area contributed by atoms with Crippen molar-refractivity contribution in [3.8, 4) is 0 Å². The van der Waals surface area contributed by atoms with Crippen LogP contribution in [0.2, 0.25) is 0 Å². The van der Waals surface area contributed by atoms with Crippen molar-refractivity contribution in [2.45, 2.75) is 19.0 Å². The summed E-state index contributed by atoms with van der Waals surface area (Å²) >= 11 is 1.76. The molecule has 0 aliphatic carbocycles. The second kappa shape index (κ2) is 3.57. The molecule has 0 unspecified atom stereocenters. The van der Waals surface area contributed by atoms with Crippen LogP contribution in [0.1, 0.15) is 10.4 Å². The highest BCUT2D eigenvalue weighted by molar-refractivity contribution is 7.19. The fourth-order valence-corrected chi connectivity index (χ4v) is 3.37. The second-order valence-electron chi connectivity index (χ2n) is 3.98. The van der Waals surface area contributed by atoms with Gasteiger partial charge in [-0.2, -0.15) is 0 Å². The molecule has 0 saturated carbocycles. The Kier molecular flexibility index (Phi) is 2.19. The first-order valence-electron chi connectivity index (χ1n) is 5.21. The van der Waals surface area contributed by atoms with E-state index in [9.17, 15) is 4.79 Å². The molecule has 2 N–H and O–H groups in total. The van der Waals surface area contributed by atoms with Gasteiger partial charge >= 0.3 is 5.97 Å². The smallest absolute Gasteiger partial charge is 0.321 e. The summed E-state index contributed by atoms with van der Waals surface area (Å²) in [6.07, 6.45) is 0.592. The van der Waals surface area contributed by atoms with E-state index in [2.05, 4.69) is 17.4 Å². The van der Waals surface area contributed by atoms with Gasteiger partial charge in [-0.3, -0.25) is 10.1 Å². The zero-order valence-corrected chi connectivity index (χ0v) is 9.38. The van der Waals surface area contributed by atoms with E-state index in [-0.39, 0.29) is 0 Å². The third-order valence-corrected chi connectivity index (χ3v) is 4.21. The first-order valence-corrected chi connectivity index (χ1v) is 6.03. The fourth-order valence-electron chi connectivity index (χ4n) is 2.18. The van der Waals surface area contributed by atoms with Crippen molar-refractivity contribution >= 4 is 27.4 Å². The minimum atomic E-state index is -0.763. The van der Waals surface area contributed by atoms with Gasteiger partial charge in [0, 0.05) is 22.5 Å². The number of carbonyl (C=O) groups is 1. The number of fused-ring (bicyclic) bond motifs is 3. The molecule has 0 amide bonds. The SMILES string of the molecule is O=C(O)[C@H]1Cc2c(sc3ccccc23)CN1. The molecule has 4 heteroatoms. The summed E-state index contributed by atoms with van der Waals surface area (Å²) in [5, 5.41) is 13.3. The van der Waals surface area contributed by atoms with E-state index in [4.69, 9.17) is 5.11 Å². The average molecular weight is 233 g/mol. The normalized spacial score (nSPS) is 19.6. The first-order chi connectivity index (χ1) is 7.75. The van der Waals surface area contributed by atoms with Gasteiger partial charge in [0.05, 0.1) is 0 Å². The minimum Gasteiger partial charge on any atom is -0.480 e. The van der Waals surface area contributed by atoms with Gasteiger partial charge in [0.1, 0.15) is 6.04 Å². The predicted octanol–water partition coefficient (Wildman–Crippen LogP) is 2.00. The number of hydrogen-bond donors (Lipinski definition) is 2. The second-order valence-corrected chi connectivity index (χ2v) is 5.11. The molecule has 3 nitrogen and oxygen atoms in total. The van der Waals surface area contributed by atoms with Crippen LogP contribution in [0.15, 0.2) is 24.3 Å². The topological polar surface area (TPSA) is 49.3 Å². The van der Waals surface area contributed by atoms with Crippen molar-refractivity contribution in [3.05, 3.63) is 34.7 Å². The number of rotatable bonds is 1. The number of benzene rings is 1. The van der Waals surface area contributed by atoms with E-state index in [0.29, 0.717) is 13.0 Å². The molecule has 1 aliphatic rings. The molecule has 0 fully saturated rings. The van der Waals surface area contributed by atoms with Crippen molar-refractivity contribution in [1.29, 1.82) is 0 Å². The third kappa shape index (κ3) is 1.42. The molecule has 16 heavy (non-hydrogen) atoms. The maximum atomic E-state index is 11.0. The molecule has 1 aromatic heterocycles. The Morgan fingerprint density at radius 1 is 1.44 bits per heavy atom. The zero-order chi connectivity index (χ0) is 11.1. The van der Waals surface area contributed by atoms with Crippen molar-refractivity contribution in [2.24, 2.45) is 0 Å². The number of hydrogen-bond acceptors (Lipinski definition) is 3. The molecule has 1 atom stereocenters. The Balaban J connectivity index is 2.11. The highest BCUT2D eigenvalue weighted by atomic mass is 32.1. The summed E-state index contributed by atoms with van der Waals surface area (Å²) in [5.74, 6) is -0.763. The standard InChI is InChI=1S/C12H11NO2S/c14-12(15)9-5-8-7-3-1-2-4-10(7)16-11(8)6-13-9/h1-4,9,13H,5-6H2,(H,14,15)/t9-/m1/s1. The lowest BCUT2D eigenvalue weighted by atomic mass is 9.99. The summed E-state index contributed by atoms with van der Waals surface area (Å²) in [7, 11) is 0. The van der Waals surface area contributed by atoms with Crippen LogP contribution in [0.4, 0.5) is 0 Å². The largest absolute Gasteiger partial charge is 0.480 e. The van der Waals surface area contributed by atoms with Gasteiger partial charge in [0.2, 0.25) is 0 Å². The van der Waals surface area contributed by atoms with E-state index < -0.39 is 12.0 Å². The van der Waals surface area contributed by atoms with E-state index in [0.717, 1.165) is 0 Å². The zero-order valence-electron chi connectivity index (χ0n) is 8.56. The summed E-state index contributed by atoms with van der Waals surface area (Å²) in [6, 6.07) is 7.76. The van der Waals surface area contributed by atoms with Gasteiger partial charge in [-0.25, -0.2) is 0 Å². The maximum absolute atomic E-state index is 11.0. The van der Waals surface area contributed by atoms with Crippen LogP contribution >= 0.6 is 11.3 Å². The molecular formula is C12H11NO2S. The summed E-state index contributed by atoms with van der Waals surface area (Å²) in [4.78, 5) is 12.2. The lowest BCUT2D eigenvalue weighted by molar-refractivity contribution is -0.139. The lowest BCUT2D eigenvalue weighted by Gasteiger charge is -2.20. The Morgan fingerprint density at radius 3 is 3.06 bits per heavy atom. The van der Waals surface area contributed by atoms with E-state index in [1.54, 1.807) is 11.3 Å². The van der Waals surface area contributed by atoms with E-state index >= 15 is 0 Å². The van der Waals surface area contributed by atoms with Gasteiger partial charge in [-0.1, -0.05) is 18.2 Å². The van der Waals surface area contributed by atoms with Crippen LogP contribution in [-0.2, 0) is 17.8 Å². The molecule has 1 aromatic carbocycles. The number of carboxylic acids is 1. The molecule has 0 radical (unpaired) electrons. The fraction of sp³-hybridized carbons (Fsp3) is 0.250. The molecule has 3 rings (SSSR count). The molecule has 82 valence electrons. The third-order valence-electron chi connectivity index (χ3n) is 3.00. The molecule has 2 aromatic rings. The number of thiophene rings is 1. The van der Waals surface area contributed by atoms with Gasteiger partial charge in [-0.05, 0) is 17.0 Å². The Labute approximate surface area is 96.7 Å². The van der Waals surface area contributed by atoms with Crippen molar-refractivity contribution in [3.63, 3.8) is 0 Å². The molecule has 0 saturated heterocycles. The summed E-state index contributed by atoms with van der Waals surface area (Å²) < 4.78 is 1.25. The number of aliphatic carboxylic acids is 1. The predicted molar refractivity (Wildman–Crippen MR) is 63.8 cm³/mol. The van der Waals surface area contributed by atoms with Crippen molar-refractivity contribution < 1.29 is 9.90 Å². The molecule has 0 spiro atoms. The van der Waals surface area contributed by atoms with Crippen LogP contribution < -0.4 is 5.32 Å². The van der Waals surface area contributed by atoms with Crippen molar-refractivity contribution in [1.82, 2.24) is 5.32 Å². The quantitative estimate of drug-likeness (QED) is 0.792. The maximum Gasteiger partial charge on any atom is 0.321 e. The Morgan fingerprint density at radius 2 is 2.25 bits per heavy atom. The number of nitrogens with one attached hydrogen (secondary N) is 1.